The first-order valence-electron chi connectivity index (χ1n) is 6.10. The Morgan fingerprint density at radius 2 is 2.11 bits per heavy atom. The molecule has 2 atom stereocenters. The van der Waals surface area contributed by atoms with Crippen molar-refractivity contribution in [3.05, 3.63) is 35.9 Å². The smallest absolute Gasteiger partial charge is 0.220 e. The highest BCUT2D eigenvalue weighted by Crippen LogP contribution is 2.14. The summed E-state index contributed by atoms with van der Waals surface area (Å²) in [6, 6.07) is 11.7. The van der Waals surface area contributed by atoms with Crippen molar-refractivity contribution in [2.24, 2.45) is 11.7 Å². The van der Waals surface area contributed by atoms with Crippen LogP contribution in [0.2, 0.25) is 0 Å². The van der Waals surface area contributed by atoms with Gasteiger partial charge in [0.25, 0.3) is 0 Å². The minimum atomic E-state index is -0.156. The number of hydrogen-bond donors (Lipinski definition) is 2. The lowest BCUT2D eigenvalue weighted by atomic mass is 10.0. The Kier molecular flexibility index (Phi) is 5.89. The maximum Gasteiger partial charge on any atom is 0.220 e. The van der Waals surface area contributed by atoms with Gasteiger partial charge in [0.05, 0.1) is 12.0 Å². The maximum atomic E-state index is 11.5. The van der Waals surface area contributed by atoms with Crippen molar-refractivity contribution in [1.82, 2.24) is 5.32 Å². The van der Waals surface area contributed by atoms with Crippen LogP contribution in [-0.4, -0.2) is 12.5 Å². The summed E-state index contributed by atoms with van der Waals surface area (Å²) in [7, 11) is 0. The summed E-state index contributed by atoms with van der Waals surface area (Å²) in [5.74, 6) is -0.208. The molecular weight excluding hydrogens is 226 g/mol. The fourth-order valence-electron chi connectivity index (χ4n) is 1.55. The van der Waals surface area contributed by atoms with Gasteiger partial charge in [-0.2, -0.15) is 5.26 Å². The standard InChI is InChI=1S/C14H19N3O/c1-11(9-15)10-17-14(18)8-7-13(16)12-5-3-2-4-6-12/h2-6,11,13H,7-8,10,16H2,1H3,(H,17,18). The molecule has 0 aliphatic rings. The lowest BCUT2D eigenvalue weighted by Gasteiger charge is -2.12. The Balaban J connectivity index is 2.29. The number of hydrogen-bond acceptors (Lipinski definition) is 3. The van der Waals surface area contributed by atoms with Crippen molar-refractivity contribution in [3.8, 4) is 6.07 Å². The van der Waals surface area contributed by atoms with Crippen LogP contribution >= 0.6 is 0 Å². The van der Waals surface area contributed by atoms with Gasteiger partial charge in [0.1, 0.15) is 0 Å². The molecule has 0 aliphatic carbocycles. The second-order valence-corrected chi connectivity index (χ2v) is 4.39. The lowest BCUT2D eigenvalue weighted by molar-refractivity contribution is -0.121. The van der Waals surface area contributed by atoms with Crippen LogP contribution in [0, 0.1) is 17.2 Å². The summed E-state index contributed by atoms with van der Waals surface area (Å²) >= 11 is 0. The van der Waals surface area contributed by atoms with E-state index in [1.807, 2.05) is 30.3 Å². The first kappa shape index (κ1) is 14.2. The molecule has 1 aromatic rings. The average Bonchev–Trinajstić information content (AvgIpc) is 2.42. The maximum absolute atomic E-state index is 11.5. The third kappa shape index (κ3) is 4.98. The van der Waals surface area contributed by atoms with Gasteiger partial charge in [-0.05, 0) is 18.9 Å². The molecule has 3 N–H and O–H groups in total. The molecule has 1 amide bonds. The Morgan fingerprint density at radius 3 is 2.72 bits per heavy atom. The van der Waals surface area contributed by atoms with Gasteiger partial charge in [0, 0.05) is 19.0 Å². The van der Waals surface area contributed by atoms with Crippen LogP contribution in [0.25, 0.3) is 0 Å². The Hall–Kier alpha value is -1.86. The summed E-state index contributed by atoms with van der Waals surface area (Å²) in [5, 5.41) is 11.3. The van der Waals surface area contributed by atoms with E-state index in [9.17, 15) is 4.79 Å². The SMILES string of the molecule is CC(C#N)CNC(=O)CCC(N)c1ccccc1. The molecule has 4 nitrogen and oxygen atoms in total. The summed E-state index contributed by atoms with van der Waals surface area (Å²) in [6.07, 6.45) is 0.991. The zero-order chi connectivity index (χ0) is 13.4. The van der Waals surface area contributed by atoms with E-state index in [0.717, 1.165) is 5.56 Å². The molecule has 0 fully saturated rings. The zero-order valence-electron chi connectivity index (χ0n) is 10.6. The number of carbonyl (C=O) groups is 1. The number of amides is 1. The average molecular weight is 245 g/mol. The highest BCUT2D eigenvalue weighted by Gasteiger charge is 2.09. The van der Waals surface area contributed by atoms with Gasteiger partial charge in [-0.25, -0.2) is 0 Å². The minimum absolute atomic E-state index is 0.0523. The second kappa shape index (κ2) is 7.46. The first-order valence-corrected chi connectivity index (χ1v) is 6.10. The van der Waals surface area contributed by atoms with Gasteiger partial charge in [-0.15, -0.1) is 0 Å². The molecule has 1 rings (SSSR count). The topological polar surface area (TPSA) is 78.9 Å². The van der Waals surface area contributed by atoms with Crippen LogP contribution in [0.4, 0.5) is 0 Å². The third-order valence-electron chi connectivity index (χ3n) is 2.74. The van der Waals surface area contributed by atoms with E-state index in [1.165, 1.54) is 0 Å². The molecule has 4 heteroatoms. The number of nitrogens with one attached hydrogen (secondary N) is 1. The summed E-state index contributed by atoms with van der Waals surface area (Å²) in [5.41, 5.74) is 7.03. The van der Waals surface area contributed by atoms with Crippen LogP contribution in [-0.2, 0) is 4.79 Å². The summed E-state index contributed by atoms with van der Waals surface area (Å²) in [4.78, 5) is 11.5. The normalized spacial score (nSPS) is 13.4. The van der Waals surface area contributed by atoms with Gasteiger partial charge in [-0.1, -0.05) is 30.3 Å². The largest absolute Gasteiger partial charge is 0.355 e. The fourth-order valence-corrected chi connectivity index (χ4v) is 1.55. The molecular formula is C14H19N3O. The number of carbonyl (C=O) groups excluding carboxylic acids is 1. The predicted octanol–water partition coefficient (Wildman–Crippen LogP) is 1.74. The van der Waals surface area contributed by atoms with E-state index in [2.05, 4.69) is 11.4 Å². The van der Waals surface area contributed by atoms with Crippen LogP contribution in [0.5, 0.6) is 0 Å². The number of nitrogens with zero attached hydrogens (tertiary/aromatic N) is 1. The van der Waals surface area contributed by atoms with Crippen LogP contribution < -0.4 is 11.1 Å². The van der Waals surface area contributed by atoms with Crippen LogP contribution in [0.15, 0.2) is 30.3 Å². The van der Waals surface area contributed by atoms with Gasteiger partial charge < -0.3 is 11.1 Å². The Morgan fingerprint density at radius 1 is 1.44 bits per heavy atom. The number of nitriles is 1. The molecule has 0 aliphatic heterocycles. The van der Waals surface area contributed by atoms with E-state index in [-0.39, 0.29) is 17.9 Å². The lowest BCUT2D eigenvalue weighted by Crippen LogP contribution is -2.28. The van der Waals surface area contributed by atoms with Crippen molar-refractivity contribution < 1.29 is 4.79 Å². The molecule has 0 bridgehead atoms. The van der Waals surface area contributed by atoms with Gasteiger partial charge in [-0.3, -0.25) is 4.79 Å². The number of benzene rings is 1. The van der Waals surface area contributed by atoms with E-state index in [4.69, 9.17) is 11.0 Å². The quantitative estimate of drug-likeness (QED) is 0.801. The van der Waals surface area contributed by atoms with Crippen molar-refractivity contribution in [2.75, 3.05) is 6.54 Å². The highest BCUT2D eigenvalue weighted by molar-refractivity contribution is 5.75. The van der Waals surface area contributed by atoms with Crippen molar-refractivity contribution in [2.45, 2.75) is 25.8 Å². The Bertz CT molecular complexity index is 411. The van der Waals surface area contributed by atoms with Crippen molar-refractivity contribution >= 4 is 5.91 Å². The summed E-state index contributed by atoms with van der Waals surface area (Å²) < 4.78 is 0. The third-order valence-corrected chi connectivity index (χ3v) is 2.74. The van der Waals surface area contributed by atoms with E-state index >= 15 is 0 Å². The van der Waals surface area contributed by atoms with E-state index < -0.39 is 0 Å². The second-order valence-electron chi connectivity index (χ2n) is 4.39. The molecule has 2 unspecified atom stereocenters. The minimum Gasteiger partial charge on any atom is -0.355 e. The number of nitrogens with two attached hydrogens (primary N) is 1. The molecule has 18 heavy (non-hydrogen) atoms. The fraction of sp³-hybridized carbons (Fsp3) is 0.429. The monoisotopic (exact) mass is 245 g/mol. The molecule has 0 spiro atoms. The molecule has 0 heterocycles. The van der Waals surface area contributed by atoms with E-state index in [1.54, 1.807) is 6.92 Å². The van der Waals surface area contributed by atoms with Crippen LogP contribution in [0.3, 0.4) is 0 Å². The molecule has 0 saturated carbocycles. The van der Waals surface area contributed by atoms with Gasteiger partial charge in [0.15, 0.2) is 0 Å². The van der Waals surface area contributed by atoms with E-state index in [0.29, 0.717) is 19.4 Å². The highest BCUT2D eigenvalue weighted by atomic mass is 16.1. The molecule has 1 aromatic carbocycles. The molecule has 96 valence electrons. The van der Waals surface area contributed by atoms with Crippen molar-refractivity contribution in [1.29, 1.82) is 5.26 Å². The van der Waals surface area contributed by atoms with Crippen molar-refractivity contribution in [3.63, 3.8) is 0 Å². The van der Waals surface area contributed by atoms with Crippen LogP contribution in [0.1, 0.15) is 31.4 Å². The summed E-state index contributed by atoms with van der Waals surface area (Å²) in [6.45, 7) is 2.17. The first-order chi connectivity index (χ1) is 8.63. The predicted molar refractivity (Wildman–Crippen MR) is 70.4 cm³/mol. The molecule has 0 aromatic heterocycles. The van der Waals surface area contributed by atoms with Gasteiger partial charge >= 0.3 is 0 Å². The number of rotatable bonds is 6. The zero-order valence-corrected chi connectivity index (χ0v) is 10.6. The van der Waals surface area contributed by atoms with Gasteiger partial charge in [0.2, 0.25) is 5.91 Å². The molecule has 0 saturated heterocycles. The molecule has 0 radical (unpaired) electrons. The Labute approximate surface area is 108 Å².